The highest BCUT2D eigenvalue weighted by molar-refractivity contribution is 8.01. The number of guanidine groups is 1. The van der Waals surface area contributed by atoms with Crippen LogP contribution in [0.25, 0.3) is 0 Å². The molecule has 2 N–H and O–H groups in total. The Labute approximate surface area is 149 Å². The summed E-state index contributed by atoms with van der Waals surface area (Å²) in [6.07, 6.45) is 3.61. The molecular weight excluding hydrogens is 342 g/mol. The topological polar surface area (TPSA) is 70.6 Å². The second kappa shape index (κ2) is 7.35. The SMILES string of the molecule is CN=C(NCC1(Sc2ccccc2)CC1)NCC(C)(C)S(C)(=O)=O. The predicted octanol–water partition coefficient (Wildman–Crippen LogP) is 2.30. The number of benzene rings is 1. The minimum atomic E-state index is -3.13. The van der Waals surface area contributed by atoms with Gasteiger partial charge in [0.25, 0.3) is 0 Å². The molecule has 0 bridgehead atoms. The first-order valence-electron chi connectivity index (χ1n) is 8.06. The van der Waals surface area contributed by atoms with Gasteiger partial charge >= 0.3 is 0 Å². The van der Waals surface area contributed by atoms with Crippen molar-refractivity contribution in [2.75, 3.05) is 26.4 Å². The number of hydrogen-bond donors (Lipinski definition) is 2. The van der Waals surface area contributed by atoms with Gasteiger partial charge in [0, 0.05) is 36.0 Å². The number of rotatable bonds is 7. The summed E-state index contributed by atoms with van der Waals surface area (Å²) in [6, 6.07) is 10.4. The monoisotopic (exact) mass is 369 g/mol. The molecule has 0 amide bonds. The van der Waals surface area contributed by atoms with Crippen LogP contribution in [-0.2, 0) is 9.84 Å². The highest BCUT2D eigenvalue weighted by Gasteiger charge is 2.43. The molecule has 0 spiro atoms. The summed E-state index contributed by atoms with van der Waals surface area (Å²) in [4.78, 5) is 5.48. The van der Waals surface area contributed by atoms with E-state index in [2.05, 4.69) is 39.9 Å². The lowest BCUT2D eigenvalue weighted by molar-refractivity contribution is 0.544. The van der Waals surface area contributed by atoms with Crippen LogP contribution >= 0.6 is 11.8 Å². The zero-order chi connectivity index (χ0) is 17.8. The molecule has 1 aromatic rings. The molecule has 1 saturated carbocycles. The molecule has 1 fully saturated rings. The predicted molar refractivity (Wildman–Crippen MR) is 103 cm³/mol. The molecule has 5 nitrogen and oxygen atoms in total. The van der Waals surface area contributed by atoms with E-state index in [1.807, 2.05) is 17.8 Å². The highest BCUT2D eigenvalue weighted by atomic mass is 32.2. The van der Waals surface area contributed by atoms with Gasteiger partial charge in [-0.1, -0.05) is 18.2 Å². The summed E-state index contributed by atoms with van der Waals surface area (Å²) >= 11 is 1.90. The van der Waals surface area contributed by atoms with Gasteiger partial charge in [-0.05, 0) is 38.8 Å². The summed E-state index contributed by atoms with van der Waals surface area (Å²) in [7, 11) is -1.43. The summed E-state index contributed by atoms with van der Waals surface area (Å²) in [5, 5.41) is 6.47. The van der Waals surface area contributed by atoms with E-state index in [-0.39, 0.29) is 4.75 Å². The van der Waals surface area contributed by atoms with Crippen molar-refractivity contribution >= 4 is 27.6 Å². The minimum absolute atomic E-state index is 0.214. The summed E-state index contributed by atoms with van der Waals surface area (Å²) < 4.78 is 22.9. The van der Waals surface area contributed by atoms with Gasteiger partial charge in [0.2, 0.25) is 0 Å². The average molecular weight is 370 g/mol. The van der Waals surface area contributed by atoms with Crippen molar-refractivity contribution in [1.82, 2.24) is 10.6 Å². The third-order valence-corrected chi connectivity index (χ3v) is 8.02. The number of sulfone groups is 1. The lowest BCUT2D eigenvalue weighted by Gasteiger charge is -2.25. The number of nitrogens with zero attached hydrogens (tertiary/aromatic N) is 1. The Morgan fingerprint density at radius 1 is 1.25 bits per heavy atom. The lowest BCUT2D eigenvalue weighted by Crippen LogP contribution is -2.48. The zero-order valence-electron chi connectivity index (χ0n) is 14.8. The van der Waals surface area contributed by atoms with Crippen LogP contribution < -0.4 is 10.6 Å². The van der Waals surface area contributed by atoms with Crippen molar-refractivity contribution in [3.05, 3.63) is 30.3 Å². The molecule has 2 rings (SSSR count). The Balaban J connectivity index is 1.86. The largest absolute Gasteiger partial charge is 0.355 e. The molecule has 0 heterocycles. The lowest BCUT2D eigenvalue weighted by atomic mass is 10.2. The van der Waals surface area contributed by atoms with Crippen LogP contribution in [0.15, 0.2) is 40.2 Å². The molecule has 0 unspecified atom stereocenters. The molecule has 0 saturated heterocycles. The first kappa shape index (κ1) is 19.1. The van der Waals surface area contributed by atoms with Gasteiger partial charge in [0.05, 0.1) is 4.75 Å². The molecule has 0 aromatic heterocycles. The maximum absolute atomic E-state index is 11.8. The molecule has 0 aliphatic heterocycles. The standard InChI is InChI=1S/C17H27N3O2S2/c1-16(2,24(4,21)22)12-19-15(18-3)20-13-17(10-11-17)23-14-8-6-5-7-9-14/h5-9H,10-13H2,1-4H3,(H2,18,19,20). The molecule has 1 aliphatic carbocycles. The smallest absolute Gasteiger partial charge is 0.191 e. The quantitative estimate of drug-likeness (QED) is 0.570. The Hall–Kier alpha value is -1.21. The number of hydrogen-bond acceptors (Lipinski definition) is 4. The zero-order valence-corrected chi connectivity index (χ0v) is 16.4. The van der Waals surface area contributed by atoms with Crippen LogP contribution in [-0.4, -0.2) is 50.3 Å². The minimum Gasteiger partial charge on any atom is -0.355 e. The number of aliphatic imine (C=N–C) groups is 1. The fourth-order valence-corrected chi connectivity index (χ4v) is 3.66. The van der Waals surface area contributed by atoms with E-state index < -0.39 is 14.6 Å². The molecular formula is C17H27N3O2S2. The van der Waals surface area contributed by atoms with Crippen LogP contribution in [0.3, 0.4) is 0 Å². The van der Waals surface area contributed by atoms with Crippen molar-refractivity contribution in [2.45, 2.75) is 41.1 Å². The molecule has 1 aromatic carbocycles. The Kier molecular flexibility index (Phi) is 5.86. The maximum Gasteiger partial charge on any atom is 0.191 e. The Bertz CT molecular complexity index is 681. The van der Waals surface area contributed by atoms with Gasteiger partial charge in [-0.25, -0.2) is 8.42 Å². The maximum atomic E-state index is 11.8. The second-order valence-corrected chi connectivity index (χ2v) is 11.1. The number of thioether (sulfide) groups is 1. The molecule has 134 valence electrons. The Morgan fingerprint density at radius 2 is 1.88 bits per heavy atom. The highest BCUT2D eigenvalue weighted by Crippen LogP contribution is 2.51. The summed E-state index contributed by atoms with van der Waals surface area (Å²) in [5.74, 6) is 0.645. The first-order valence-corrected chi connectivity index (χ1v) is 10.8. The van der Waals surface area contributed by atoms with Gasteiger partial charge in [-0.15, -0.1) is 11.8 Å². The van der Waals surface area contributed by atoms with E-state index in [1.54, 1.807) is 20.9 Å². The van der Waals surface area contributed by atoms with Crippen molar-refractivity contribution in [3.63, 3.8) is 0 Å². The van der Waals surface area contributed by atoms with Crippen LogP contribution in [0.2, 0.25) is 0 Å². The van der Waals surface area contributed by atoms with Crippen molar-refractivity contribution in [2.24, 2.45) is 4.99 Å². The summed E-state index contributed by atoms with van der Waals surface area (Å²) in [5.41, 5.74) is 0. The van der Waals surface area contributed by atoms with Crippen LogP contribution in [0.1, 0.15) is 26.7 Å². The third-order valence-electron chi connectivity index (χ3n) is 4.37. The van der Waals surface area contributed by atoms with Crippen molar-refractivity contribution < 1.29 is 8.42 Å². The van der Waals surface area contributed by atoms with Gasteiger partial charge in [0.1, 0.15) is 0 Å². The fraction of sp³-hybridized carbons (Fsp3) is 0.588. The number of nitrogens with one attached hydrogen (secondary N) is 2. The van der Waals surface area contributed by atoms with Gasteiger partial charge in [0.15, 0.2) is 15.8 Å². The van der Waals surface area contributed by atoms with Crippen molar-refractivity contribution in [3.8, 4) is 0 Å². The van der Waals surface area contributed by atoms with E-state index in [0.717, 1.165) is 6.54 Å². The van der Waals surface area contributed by atoms with Gasteiger partial charge in [-0.3, -0.25) is 4.99 Å². The van der Waals surface area contributed by atoms with E-state index in [0.29, 0.717) is 12.5 Å². The molecule has 1 aliphatic rings. The molecule has 0 radical (unpaired) electrons. The van der Waals surface area contributed by atoms with Crippen LogP contribution in [0.4, 0.5) is 0 Å². The van der Waals surface area contributed by atoms with Crippen LogP contribution in [0, 0.1) is 0 Å². The van der Waals surface area contributed by atoms with E-state index in [1.165, 1.54) is 24.0 Å². The molecule has 24 heavy (non-hydrogen) atoms. The fourth-order valence-electron chi connectivity index (χ4n) is 2.09. The van der Waals surface area contributed by atoms with E-state index >= 15 is 0 Å². The average Bonchev–Trinajstić information content (AvgIpc) is 3.27. The van der Waals surface area contributed by atoms with E-state index in [4.69, 9.17) is 0 Å². The Morgan fingerprint density at radius 3 is 2.38 bits per heavy atom. The molecule has 0 atom stereocenters. The molecule has 7 heteroatoms. The normalized spacial score (nSPS) is 17.4. The van der Waals surface area contributed by atoms with Gasteiger partial charge < -0.3 is 10.6 Å². The first-order chi connectivity index (χ1) is 11.2. The van der Waals surface area contributed by atoms with Crippen LogP contribution in [0.5, 0.6) is 0 Å². The third kappa shape index (κ3) is 5.14. The van der Waals surface area contributed by atoms with Crippen molar-refractivity contribution in [1.29, 1.82) is 0 Å². The van der Waals surface area contributed by atoms with Gasteiger partial charge in [-0.2, -0.15) is 0 Å². The summed E-state index contributed by atoms with van der Waals surface area (Å²) in [6.45, 7) is 4.57. The second-order valence-electron chi connectivity index (χ2n) is 6.91. The van der Waals surface area contributed by atoms with E-state index in [9.17, 15) is 8.42 Å².